The van der Waals surface area contributed by atoms with E-state index >= 15 is 0 Å². The van der Waals surface area contributed by atoms with Gasteiger partial charge in [-0.05, 0) is 38.3 Å². The summed E-state index contributed by atoms with van der Waals surface area (Å²) in [5.74, 6) is 1.84. The Balaban J connectivity index is 1.23. The van der Waals surface area contributed by atoms with Gasteiger partial charge in [-0.2, -0.15) is 0 Å². The van der Waals surface area contributed by atoms with Gasteiger partial charge in [-0.1, -0.05) is 106 Å². The number of phenols is 1. The third kappa shape index (κ3) is 10.1. The minimum atomic E-state index is -0.347. The number of ether oxygens (including phenoxy) is 2. The summed E-state index contributed by atoms with van der Waals surface area (Å²) in [6, 6.07) is 24.8. The number of hydrogen-bond donors (Lipinski definition) is 1. The Morgan fingerprint density at radius 2 is 1.30 bits per heavy atom. The number of unbranched alkanes of at least 4 members (excludes halogenated alkanes) is 7. The Hall–Kier alpha value is -4.52. The molecular formula is C36H41N3O4. The molecule has 0 aliphatic carbocycles. The van der Waals surface area contributed by atoms with Crippen molar-refractivity contribution in [2.24, 2.45) is 0 Å². The first-order valence-electron chi connectivity index (χ1n) is 15.2. The van der Waals surface area contributed by atoms with E-state index in [1.54, 1.807) is 12.1 Å². The van der Waals surface area contributed by atoms with Crippen molar-refractivity contribution < 1.29 is 19.4 Å². The first-order chi connectivity index (χ1) is 21.0. The van der Waals surface area contributed by atoms with E-state index in [2.05, 4.69) is 6.58 Å². The summed E-state index contributed by atoms with van der Waals surface area (Å²) < 4.78 is 11.1. The molecule has 1 atom stereocenters. The van der Waals surface area contributed by atoms with Crippen molar-refractivity contribution in [3.8, 4) is 45.7 Å². The molecular weight excluding hydrogens is 538 g/mol. The number of aromatic nitrogens is 3. The predicted molar refractivity (Wildman–Crippen MR) is 171 cm³/mol. The van der Waals surface area contributed by atoms with Crippen molar-refractivity contribution in [1.82, 2.24) is 15.0 Å². The highest BCUT2D eigenvalue weighted by Crippen LogP contribution is 2.32. The lowest BCUT2D eigenvalue weighted by Crippen LogP contribution is -2.12. The number of hydrogen-bond acceptors (Lipinski definition) is 7. The molecule has 7 heteroatoms. The molecule has 43 heavy (non-hydrogen) atoms. The Morgan fingerprint density at radius 1 is 0.767 bits per heavy atom. The SMILES string of the molecule is C=CC(=O)OC(C)CCCCCCCCCCOc1ccc(-c2nc(-c3ccccc3)nc(-c3ccccc3)n2)c(O)c1. The van der Waals surface area contributed by atoms with Crippen LogP contribution in [0, 0.1) is 0 Å². The van der Waals surface area contributed by atoms with Gasteiger partial charge in [0, 0.05) is 23.3 Å². The average Bonchev–Trinajstić information content (AvgIpc) is 3.04. The molecule has 0 aliphatic heterocycles. The molecule has 0 saturated heterocycles. The molecule has 4 rings (SSSR count). The molecule has 4 aromatic rings. The van der Waals surface area contributed by atoms with Crippen molar-refractivity contribution >= 4 is 5.97 Å². The maximum atomic E-state index is 11.2. The molecule has 0 amide bonds. The molecule has 0 aliphatic rings. The van der Waals surface area contributed by atoms with Gasteiger partial charge in [-0.25, -0.2) is 19.7 Å². The van der Waals surface area contributed by atoms with Crippen LogP contribution in [0.15, 0.2) is 91.5 Å². The summed E-state index contributed by atoms with van der Waals surface area (Å²) in [7, 11) is 0. The van der Waals surface area contributed by atoms with E-state index in [0.29, 0.717) is 35.4 Å². The van der Waals surface area contributed by atoms with E-state index in [4.69, 9.17) is 24.4 Å². The van der Waals surface area contributed by atoms with Gasteiger partial charge in [-0.3, -0.25) is 0 Å². The van der Waals surface area contributed by atoms with Crippen LogP contribution in [-0.2, 0) is 9.53 Å². The highest BCUT2D eigenvalue weighted by Gasteiger charge is 2.15. The van der Waals surface area contributed by atoms with E-state index < -0.39 is 0 Å². The van der Waals surface area contributed by atoms with Gasteiger partial charge in [0.15, 0.2) is 17.5 Å². The molecule has 0 fully saturated rings. The first kappa shape index (κ1) is 31.4. The fourth-order valence-corrected chi connectivity index (χ4v) is 4.81. The van der Waals surface area contributed by atoms with Crippen molar-refractivity contribution in [3.05, 3.63) is 91.5 Å². The maximum absolute atomic E-state index is 11.2. The Labute approximate surface area is 254 Å². The molecule has 1 N–H and O–H groups in total. The van der Waals surface area contributed by atoms with Crippen LogP contribution in [0.1, 0.15) is 64.7 Å². The van der Waals surface area contributed by atoms with Crippen LogP contribution < -0.4 is 4.74 Å². The van der Waals surface area contributed by atoms with Gasteiger partial charge in [-0.15, -0.1) is 0 Å². The summed E-state index contributed by atoms with van der Waals surface area (Å²) >= 11 is 0. The predicted octanol–water partition coefficient (Wildman–Crippen LogP) is 8.59. The summed E-state index contributed by atoms with van der Waals surface area (Å²) in [5.41, 5.74) is 2.28. The molecule has 224 valence electrons. The van der Waals surface area contributed by atoms with Crippen LogP contribution in [0.5, 0.6) is 11.5 Å². The van der Waals surface area contributed by atoms with Crippen molar-refractivity contribution in [2.75, 3.05) is 6.61 Å². The van der Waals surface area contributed by atoms with Gasteiger partial charge in [0.25, 0.3) is 0 Å². The van der Waals surface area contributed by atoms with Crippen molar-refractivity contribution in [3.63, 3.8) is 0 Å². The number of carbonyl (C=O) groups is 1. The monoisotopic (exact) mass is 579 g/mol. The second kappa shape index (κ2) is 16.8. The summed E-state index contributed by atoms with van der Waals surface area (Å²) in [6.45, 7) is 5.95. The van der Waals surface area contributed by atoms with Crippen LogP contribution in [0.25, 0.3) is 34.2 Å². The fourth-order valence-electron chi connectivity index (χ4n) is 4.81. The largest absolute Gasteiger partial charge is 0.507 e. The molecule has 1 heterocycles. The molecule has 0 saturated carbocycles. The van der Waals surface area contributed by atoms with E-state index in [1.165, 1.54) is 31.8 Å². The zero-order chi connectivity index (χ0) is 30.3. The van der Waals surface area contributed by atoms with E-state index in [-0.39, 0.29) is 17.8 Å². The molecule has 1 unspecified atom stereocenters. The van der Waals surface area contributed by atoms with Gasteiger partial charge in [0.05, 0.1) is 18.3 Å². The van der Waals surface area contributed by atoms with Crippen molar-refractivity contribution in [1.29, 1.82) is 0 Å². The standard InChI is InChI=1S/C36H41N3O4/c1-3-33(41)43-27(2)18-12-8-6-4-5-7-9-17-25-42-30-23-24-31(32(40)26-30)36-38-34(28-19-13-10-14-20-28)37-35(39-36)29-21-15-11-16-22-29/h3,10-11,13-16,19-24,26-27,40H,1,4-9,12,17-18,25H2,2H3. The Morgan fingerprint density at radius 3 is 1.86 bits per heavy atom. The Kier molecular flexibility index (Phi) is 12.3. The molecule has 1 aromatic heterocycles. The molecule has 0 spiro atoms. The van der Waals surface area contributed by atoms with Crippen LogP contribution in [0.3, 0.4) is 0 Å². The van der Waals surface area contributed by atoms with Crippen LogP contribution >= 0.6 is 0 Å². The lowest BCUT2D eigenvalue weighted by atomic mass is 10.1. The van der Waals surface area contributed by atoms with Gasteiger partial charge < -0.3 is 14.6 Å². The third-order valence-electron chi connectivity index (χ3n) is 7.17. The van der Waals surface area contributed by atoms with Gasteiger partial charge >= 0.3 is 5.97 Å². The zero-order valence-corrected chi connectivity index (χ0v) is 25.0. The molecule has 0 bridgehead atoms. The summed E-state index contributed by atoms with van der Waals surface area (Å²) in [4.78, 5) is 25.3. The fraction of sp³-hybridized carbons (Fsp3) is 0.333. The maximum Gasteiger partial charge on any atom is 0.330 e. The highest BCUT2D eigenvalue weighted by molar-refractivity contribution is 5.81. The van der Waals surface area contributed by atoms with Crippen molar-refractivity contribution in [2.45, 2.75) is 70.8 Å². The summed E-state index contributed by atoms with van der Waals surface area (Å²) in [5, 5.41) is 10.9. The average molecular weight is 580 g/mol. The van der Waals surface area contributed by atoms with Gasteiger partial charge in [0.2, 0.25) is 0 Å². The smallest absolute Gasteiger partial charge is 0.330 e. The quantitative estimate of drug-likeness (QED) is 0.0760. The molecule has 7 nitrogen and oxygen atoms in total. The minimum Gasteiger partial charge on any atom is -0.507 e. The number of benzene rings is 3. The second-order valence-electron chi connectivity index (χ2n) is 10.6. The number of aromatic hydroxyl groups is 1. The molecule has 0 radical (unpaired) electrons. The summed E-state index contributed by atoms with van der Waals surface area (Å²) in [6.07, 6.45) is 11.1. The number of phenolic OH excluding ortho intramolecular Hbond substituents is 1. The topological polar surface area (TPSA) is 94.4 Å². The normalized spacial score (nSPS) is 11.6. The van der Waals surface area contributed by atoms with Crippen LogP contribution in [0.4, 0.5) is 0 Å². The van der Waals surface area contributed by atoms with E-state index in [1.807, 2.05) is 73.7 Å². The van der Waals surface area contributed by atoms with Crippen LogP contribution in [-0.4, -0.2) is 38.7 Å². The second-order valence-corrected chi connectivity index (χ2v) is 10.6. The number of nitrogens with zero attached hydrogens (tertiary/aromatic N) is 3. The number of esters is 1. The van der Waals surface area contributed by atoms with E-state index in [9.17, 15) is 9.90 Å². The number of carbonyl (C=O) groups excluding carboxylic acids is 1. The first-order valence-corrected chi connectivity index (χ1v) is 15.2. The Bertz CT molecular complexity index is 1390. The zero-order valence-electron chi connectivity index (χ0n) is 25.0. The lowest BCUT2D eigenvalue weighted by molar-refractivity contribution is -0.142. The number of rotatable bonds is 17. The third-order valence-corrected chi connectivity index (χ3v) is 7.17. The van der Waals surface area contributed by atoms with E-state index in [0.717, 1.165) is 43.2 Å². The minimum absolute atomic E-state index is 0.0485. The van der Waals surface area contributed by atoms with Gasteiger partial charge in [0.1, 0.15) is 11.5 Å². The molecule has 3 aromatic carbocycles. The van der Waals surface area contributed by atoms with Crippen LogP contribution in [0.2, 0.25) is 0 Å². The highest BCUT2D eigenvalue weighted by atomic mass is 16.5. The lowest BCUT2D eigenvalue weighted by Gasteiger charge is -2.11.